The number of nitrogens with one attached hydrogen (secondary N) is 1. The van der Waals surface area contributed by atoms with Gasteiger partial charge in [0.15, 0.2) is 0 Å². The summed E-state index contributed by atoms with van der Waals surface area (Å²) in [5.74, 6) is -1.04. The summed E-state index contributed by atoms with van der Waals surface area (Å²) >= 11 is 0. The Morgan fingerprint density at radius 1 is 1.23 bits per heavy atom. The maximum atomic E-state index is 12.8. The fourth-order valence-electron chi connectivity index (χ4n) is 2.37. The average Bonchev–Trinajstić information content (AvgIpc) is 2.61. The number of carbonyl (C=O) groups excluding carboxylic acids is 2. The Hall–Kier alpha value is -2.90. The molecule has 2 rings (SSSR count). The summed E-state index contributed by atoms with van der Waals surface area (Å²) in [4.78, 5) is 27.8. The van der Waals surface area contributed by atoms with Gasteiger partial charge in [0, 0.05) is 12.4 Å². The maximum absolute atomic E-state index is 12.8. The molecule has 0 radical (unpaired) electrons. The third-order valence-corrected chi connectivity index (χ3v) is 3.64. The molecule has 0 saturated carbocycles. The van der Waals surface area contributed by atoms with Gasteiger partial charge in [0.05, 0.1) is 31.6 Å². The SMILES string of the molecule is COC(=O)CC(NC(=O)Cc1cccc(C(F)(F)F)c1)c1cccnc1. The zero-order valence-corrected chi connectivity index (χ0v) is 13.9. The Labute approximate surface area is 148 Å². The van der Waals surface area contributed by atoms with E-state index in [1.165, 1.54) is 25.4 Å². The van der Waals surface area contributed by atoms with Crippen LogP contribution in [0.25, 0.3) is 0 Å². The average molecular weight is 366 g/mol. The number of nitrogens with zero attached hydrogens (tertiary/aromatic N) is 1. The number of hydrogen-bond donors (Lipinski definition) is 1. The normalized spacial score (nSPS) is 12.3. The number of ether oxygens (including phenoxy) is 1. The fourth-order valence-corrected chi connectivity index (χ4v) is 2.37. The van der Waals surface area contributed by atoms with Gasteiger partial charge in [-0.05, 0) is 23.3 Å². The fraction of sp³-hybridized carbons (Fsp3) is 0.278. The van der Waals surface area contributed by atoms with Gasteiger partial charge in [-0.15, -0.1) is 0 Å². The molecule has 2 aromatic rings. The number of alkyl halides is 3. The van der Waals surface area contributed by atoms with Crippen LogP contribution in [0.1, 0.15) is 29.2 Å². The van der Waals surface area contributed by atoms with Crippen molar-refractivity contribution in [1.82, 2.24) is 10.3 Å². The second-order valence-corrected chi connectivity index (χ2v) is 5.56. The van der Waals surface area contributed by atoms with E-state index in [2.05, 4.69) is 15.0 Å². The quantitative estimate of drug-likeness (QED) is 0.798. The highest BCUT2D eigenvalue weighted by molar-refractivity contribution is 5.80. The molecule has 0 bridgehead atoms. The van der Waals surface area contributed by atoms with Crippen LogP contribution in [-0.2, 0) is 26.9 Å². The van der Waals surface area contributed by atoms with E-state index in [1.807, 2.05) is 0 Å². The molecule has 1 unspecified atom stereocenters. The topological polar surface area (TPSA) is 68.3 Å². The van der Waals surface area contributed by atoms with Crippen LogP contribution in [0.5, 0.6) is 0 Å². The van der Waals surface area contributed by atoms with Gasteiger partial charge in [0.1, 0.15) is 0 Å². The smallest absolute Gasteiger partial charge is 0.416 e. The molecule has 1 atom stereocenters. The van der Waals surface area contributed by atoms with Crippen molar-refractivity contribution in [3.05, 3.63) is 65.5 Å². The van der Waals surface area contributed by atoms with Crippen LogP contribution in [0.4, 0.5) is 13.2 Å². The molecule has 26 heavy (non-hydrogen) atoms. The molecule has 138 valence electrons. The van der Waals surface area contributed by atoms with Gasteiger partial charge in [0.2, 0.25) is 5.91 Å². The first-order valence-corrected chi connectivity index (χ1v) is 7.72. The largest absolute Gasteiger partial charge is 0.469 e. The number of carbonyl (C=O) groups is 2. The summed E-state index contributed by atoms with van der Waals surface area (Å²) in [6.07, 6.45) is -1.80. The predicted octanol–water partition coefficient (Wildman–Crippen LogP) is 3.06. The lowest BCUT2D eigenvalue weighted by molar-refractivity contribution is -0.141. The number of esters is 1. The second kappa shape index (κ2) is 8.46. The molecule has 0 aliphatic carbocycles. The summed E-state index contributed by atoms with van der Waals surface area (Å²) in [6.45, 7) is 0. The molecule has 1 aromatic carbocycles. The van der Waals surface area contributed by atoms with E-state index in [0.717, 1.165) is 12.1 Å². The second-order valence-electron chi connectivity index (χ2n) is 5.56. The highest BCUT2D eigenvalue weighted by Crippen LogP contribution is 2.29. The van der Waals surface area contributed by atoms with Crippen LogP contribution >= 0.6 is 0 Å². The minimum absolute atomic E-state index is 0.115. The predicted molar refractivity (Wildman–Crippen MR) is 86.9 cm³/mol. The van der Waals surface area contributed by atoms with E-state index >= 15 is 0 Å². The molecule has 0 aliphatic rings. The summed E-state index contributed by atoms with van der Waals surface area (Å²) in [5, 5.41) is 2.64. The van der Waals surface area contributed by atoms with Crippen molar-refractivity contribution >= 4 is 11.9 Å². The summed E-state index contributed by atoms with van der Waals surface area (Å²) in [7, 11) is 1.23. The molecular formula is C18H17F3N2O3. The van der Waals surface area contributed by atoms with Crippen LogP contribution in [0.3, 0.4) is 0 Å². The van der Waals surface area contributed by atoms with E-state index in [0.29, 0.717) is 5.56 Å². The Kier molecular flexibility index (Phi) is 6.32. The Balaban J connectivity index is 2.11. The molecule has 1 aromatic heterocycles. The maximum Gasteiger partial charge on any atom is 0.416 e. The minimum Gasteiger partial charge on any atom is -0.469 e. The third kappa shape index (κ3) is 5.58. The summed E-state index contributed by atoms with van der Waals surface area (Å²) < 4.78 is 42.9. The first-order chi connectivity index (χ1) is 12.3. The number of benzene rings is 1. The third-order valence-electron chi connectivity index (χ3n) is 3.64. The first kappa shape index (κ1) is 19.4. The molecule has 5 nitrogen and oxygen atoms in total. The summed E-state index contributed by atoms with van der Waals surface area (Å²) in [5.41, 5.74) is -0.00297. The summed E-state index contributed by atoms with van der Waals surface area (Å²) in [6, 6.07) is 7.21. The van der Waals surface area contributed by atoms with Crippen LogP contribution in [-0.4, -0.2) is 24.0 Å². The zero-order valence-electron chi connectivity index (χ0n) is 13.9. The van der Waals surface area contributed by atoms with Crippen molar-refractivity contribution in [2.24, 2.45) is 0 Å². The van der Waals surface area contributed by atoms with Crippen molar-refractivity contribution in [3.8, 4) is 0 Å². The molecule has 1 amide bonds. The van der Waals surface area contributed by atoms with Crippen molar-refractivity contribution in [2.75, 3.05) is 7.11 Å². The van der Waals surface area contributed by atoms with Crippen molar-refractivity contribution in [2.45, 2.75) is 25.1 Å². The van der Waals surface area contributed by atoms with E-state index in [9.17, 15) is 22.8 Å². The molecular weight excluding hydrogens is 349 g/mol. The molecule has 0 saturated heterocycles. The highest BCUT2D eigenvalue weighted by atomic mass is 19.4. The van der Waals surface area contributed by atoms with Crippen LogP contribution < -0.4 is 5.32 Å². The lowest BCUT2D eigenvalue weighted by atomic mass is 10.0. The minimum atomic E-state index is -4.48. The van der Waals surface area contributed by atoms with E-state index in [4.69, 9.17) is 0 Å². The van der Waals surface area contributed by atoms with Crippen molar-refractivity contribution < 1.29 is 27.5 Å². The van der Waals surface area contributed by atoms with Crippen LogP contribution in [0.2, 0.25) is 0 Å². The van der Waals surface area contributed by atoms with Gasteiger partial charge in [-0.3, -0.25) is 14.6 Å². The zero-order chi connectivity index (χ0) is 19.2. The van der Waals surface area contributed by atoms with Gasteiger partial charge in [-0.25, -0.2) is 0 Å². The molecule has 0 fully saturated rings. The van der Waals surface area contributed by atoms with Gasteiger partial charge in [0.25, 0.3) is 0 Å². The molecule has 1 heterocycles. The first-order valence-electron chi connectivity index (χ1n) is 7.72. The Bertz CT molecular complexity index is 764. The van der Waals surface area contributed by atoms with Crippen molar-refractivity contribution in [1.29, 1.82) is 0 Å². The van der Waals surface area contributed by atoms with E-state index < -0.39 is 29.7 Å². The van der Waals surface area contributed by atoms with E-state index in [1.54, 1.807) is 18.3 Å². The number of halogens is 3. The van der Waals surface area contributed by atoms with Gasteiger partial charge < -0.3 is 10.1 Å². The molecule has 1 N–H and O–H groups in total. The van der Waals surface area contributed by atoms with Crippen LogP contribution in [0.15, 0.2) is 48.8 Å². The Morgan fingerprint density at radius 3 is 2.62 bits per heavy atom. The number of hydrogen-bond acceptors (Lipinski definition) is 4. The van der Waals surface area contributed by atoms with Gasteiger partial charge in [-0.1, -0.05) is 24.3 Å². The van der Waals surface area contributed by atoms with Gasteiger partial charge in [-0.2, -0.15) is 13.2 Å². The number of pyridine rings is 1. The lowest BCUT2D eigenvalue weighted by Gasteiger charge is -2.18. The number of rotatable bonds is 6. The Morgan fingerprint density at radius 2 is 2.00 bits per heavy atom. The molecule has 0 spiro atoms. The monoisotopic (exact) mass is 366 g/mol. The van der Waals surface area contributed by atoms with Crippen molar-refractivity contribution in [3.63, 3.8) is 0 Å². The van der Waals surface area contributed by atoms with Gasteiger partial charge >= 0.3 is 12.1 Å². The number of amides is 1. The molecule has 8 heteroatoms. The number of methoxy groups -OCH3 is 1. The standard InChI is InChI=1S/C18H17F3N2O3/c1-26-17(25)10-15(13-5-3-7-22-11-13)23-16(24)9-12-4-2-6-14(8-12)18(19,20)21/h2-8,11,15H,9-10H2,1H3,(H,23,24). The lowest BCUT2D eigenvalue weighted by Crippen LogP contribution is -2.31. The number of aromatic nitrogens is 1. The highest BCUT2D eigenvalue weighted by Gasteiger charge is 2.30. The molecule has 0 aliphatic heterocycles. The van der Waals surface area contributed by atoms with Crippen LogP contribution in [0, 0.1) is 0 Å². The van der Waals surface area contributed by atoms with E-state index in [-0.39, 0.29) is 18.4 Å².